The lowest BCUT2D eigenvalue weighted by atomic mass is 10.1. The van der Waals surface area contributed by atoms with E-state index >= 15 is 0 Å². The number of benzene rings is 1. The molecule has 0 radical (unpaired) electrons. The van der Waals surface area contributed by atoms with Gasteiger partial charge in [0.25, 0.3) is 5.91 Å². The molecule has 0 spiro atoms. The third kappa shape index (κ3) is 3.26. The first-order valence-electron chi connectivity index (χ1n) is 6.40. The summed E-state index contributed by atoms with van der Waals surface area (Å²) in [4.78, 5) is 15.7. The predicted octanol–water partition coefficient (Wildman–Crippen LogP) is 1.49. The van der Waals surface area contributed by atoms with Crippen molar-refractivity contribution in [1.82, 2.24) is 10.4 Å². The molecule has 0 unspecified atom stereocenters. The number of nitrogens with zero attached hydrogens (tertiary/aromatic N) is 2. The zero-order valence-corrected chi connectivity index (χ0v) is 11.7. The van der Waals surface area contributed by atoms with E-state index in [0.717, 1.165) is 0 Å². The highest BCUT2D eigenvalue weighted by Gasteiger charge is 2.11. The van der Waals surface area contributed by atoms with Crippen LogP contribution in [0.3, 0.4) is 0 Å². The molecule has 1 aromatic heterocycles. The molecule has 0 bridgehead atoms. The number of aromatic hydroxyl groups is 1. The molecule has 2 rings (SSSR count). The molecule has 114 valence electrons. The molecule has 1 heterocycles. The van der Waals surface area contributed by atoms with E-state index in [1.807, 2.05) is 0 Å². The number of rotatable bonds is 4. The number of hydrogen-bond acceptors (Lipinski definition) is 5. The smallest absolute Gasteiger partial charge is 0.274 e. The minimum Gasteiger partial charge on any atom is -0.505 e. The summed E-state index contributed by atoms with van der Waals surface area (Å²) in [7, 11) is 0. The van der Waals surface area contributed by atoms with Crippen molar-refractivity contribution in [3.05, 3.63) is 58.7 Å². The second-order valence-electron chi connectivity index (χ2n) is 4.47. The Kier molecular flexibility index (Phi) is 4.80. The van der Waals surface area contributed by atoms with Crippen molar-refractivity contribution in [2.45, 2.75) is 13.5 Å². The Balaban J connectivity index is 2.19. The zero-order chi connectivity index (χ0) is 16.1. The van der Waals surface area contributed by atoms with Gasteiger partial charge in [-0.1, -0.05) is 12.1 Å². The number of nitrogens with one attached hydrogen (secondary N) is 1. The van der Waals surface area contributed by atoms with Gasteiger partial charge >= 0.3 is 0 Å². The van der Waals surface area contributed by atoms with Crippen LogP contribution in [0.15, 0.2) is 35.6 Å². The fourth-order valence-corrected chi connectivity index (χ4v) is 1.78. The van der Waals surface area contributed by atoms with Crippen LogP contribution in [0.5, 0.6) is 5.75 Å². The van der Waals surface area contributed by atoms with Gasteiger partial charge in [0, 0.05) is 17.3 Å². The summed E-state index contributed by atoms with van der Waals surface area (Å²) < 4.78 is 13.4. The van der Waals surface area contributed by atoms with E-state index in [1.54, 1.807) is 6.92 Å². The second-order valence-corrected chi connectivity index (χ2v) is 4.47. The molecule has 7 heteroatoms. The van der Waals surface area contributed by atoms with Gasteiger partial charge in [0.1, 0.15) is 11.6 Å². The number of pyridine rings is 1. The van der Waals surface area contributed by atoms with Gasteiger partial charge in [0.05, 0.1) is 24.1 Å². The van der Waals surface area contributed by atoms with E-state index in [1.165, 1.54) is 36.7 Å². The molecule has 2 aromatic rings. The van der Waals surface area contributed by atoms with E-state index in [4.69, 9.17) is 0 Å². The topological polar surface area (TPSA) is 94.8 Å². The Morgan fingerprint density at radius 1 is 1.45 bits per heavy atom. The zero-order valence-electron chi connectivity index (χ0n) is 11.7. The van der Waals surface area contributed by atoms with Crippen LogP contribution in [0.1, 0.15) is 27.2 Å². The molecule has 22 heavy (non-hydrogen) atoms. The molecule has 0 aliphatic rings. The number of hydrogen-bond donors (Lipinski definition) is 3. The van der Waals surface area contributed by atoms with E-state index in [9.17, 15) is 19.4 Å². The molecule has 3 N–H and O–H groups in total. The van der Waals surface area contributed by atoms with E-state index in [0.29, 0.717) is 11.3 Å². The monoisotopic (exact) mass is 303 g/mol. The summed E-state index contributed by atoms with van der Waals surface area (Å²) in [5.41, 5.74) is 2.98. The summed E-state index contributed by atoms with van der Waals surface area (Å²) in [6.07, 6.45) is 2.57. The van der Waals surface area contributed by atoms with Crippen LogP contribution in [0.25, 0.3) is 0 Å². The Morgan fingerprint density at radius 3 is 2.86 bits per heavy atom. The van der Waals surface area contributed by atoms with Crippen molar-refractivity contribution in [2.24, 2.45) is 5.10 Å². The number of amides is 1. The van der Waals surface area contributed by atoms with Crippen LogP contribution >= 0.6 is 0 Å². The van der Waals surface area contributed by atoms with Gasteiger partial charge in [-0.25, -0.2) is 9.82 Å². The van der Waals surface area contributed by atoms with Crippen LogP contribution in [-0.4, -0.2) is 27.3 Å². The lowest BCUT2D eigenvalue weighted by molar-refractivity contribution is 0.0951. The second kappa shape index (κ2) is 6.77. The molecule has 0 aliphatic heterocycles. The molecule has 1 aromatic carbocycles. The molecular formula is C15H14FN3O3. The summed E-state index contributed by atoms with van der Waals surface area (Å²) in [6, 6.07) is 5.50. The minimum absolute atomic E-state index is 0.142. The molecule has 1 amide bonds. The van der Waals surface area contributed by atoms with Gasteiger partial charge in [-0.2, -0.15) is 5.10 Å². The van der Waals surface area contributed by atoms with Crippen molar-refractivity contribution < 1.29 is 19.4 Å². The number of carbonyl (C=O) groups is 1. The lowest BCUT2D eigenvalue weighted by Gasteiger charge is -2.07. The highest BCUT2D eigenvalue weighted by molar-refractivity contribution is 5.95. The van der Waals surface area contributed by atoms with Crippen LogP contribution in [0.4, 0.5) is 4.39 Å². The Labute approximate surface area is 125 Å². The van der Waals surface area contributed by atoms with Gasteiger partial charge in [-0.15, -0.1) is 0 Å². The number of halogens is 1. The third-order valence-electron chi connectivity index (χ3n) is 3.01. The lowest BCUT2D eigenvalue weighted by Crippen LogP contribution is -2.19. The fraction of sp³-hybridized carbons (Fsp3) is 0.133. The third-order valence-corrected chi connectivity index (χ3v) is 3.01. The Morgan fingerprint density at radius 2 is 2.18 bits per heavy atom. The van der Waals surface area contributed by atoms with Crippen molar-refractivity contribution in [2.75, 3.05) is 0 Å². The van der Waals surface area contributed by atoms with E-state index in [-0.39, 0.29) is 23.5 Å². The van der Waals surface area contributed by atoms with Gasteiger partial charge in [0.2, 0.25) is 0 Å². The first kappa shape index (κ1) is 15.6. The minimum atomic E-state index is -0.717. The maximum atomic E-state index is 13.4. The summed E-state index contributed by atoms with van der Waals surface area (Å²) in [5, 5.41) is 22.8. The highest BCUT2D eigenvalue weighted by Crippen LogP contribution is 2.21. The number of aliphatic hydroxyl groups is 1. The first-order chi connectivity index (χ1) is 10.5. The normalized spacial score (nSPS) is 10.9. The molecular weight excluding hydrogens is 289 g/mol. The number of aromatic nitrogens is 1. The van der Waals surface area contributed by atoms with E-state index in [2.05, 4.69) is 15.5 Å². The van der Waals surface area contributed by atoms with Gasteiger partial charge in [0.15, 0.2) is 0 Å². The molecule has 0 fully saturated rings. The largest absolute Gasteiger partial charge is 0.505 e. The first-order valence-corrected chi connectivity index (χ1v) is 6.40. The standard InChI is InChI=1S/C15H14FN3O3/c1-9-14(21)12(10(8-20)6-17-9)7-18-19-15(22)11-4-2-3-5-13(11)16/h2-7,20-21H,8H2,1H3,(H,19,22)/b18-7+. The number of aliphatic hydroxyl groups excluding tert-OH is 1. The van der Waals surface area contributed by atoms with Gasteiger partial charge < -0.3 is 10.2 Å². The molecule has 0 atom stereocenters. The van der Waals surface area contributed by atoms with Crippen molar-refractivity contribution in [1.29, 1.82) is 0 Å². The average molecular weight is 303 g/mol. The summed E-state index contributed by atoms with van der Waals surface area (Å²) in [6.45, 7) is 1.25. The molecule has 6 nitrogen and oxygen atoms in total. The Bertz CT molecular complexity index is 732. The molecule has 0 aliphatic carbocycles. The van der Waals surface area contributed by atoms with Gasteiger partial charge in [-0.05, 0) is 19.1 Å². The molecule has 0 saturated heterocycles. The number of hydrazone groups is 1. The van der Waals surface area contributed by atoms with Crippen molar-refractivity contribution in [3.8, 4) is 5.75 Å². The molecule has 0 saturated carbocycles. The van der Waals surface area contributed by atoms with E-state index < -0.39 is 11.7 Å². The quantitative estimate of drug-likeness (QED) is 0.589. The van der Waals surface area contributed by atoms with Gasteiger partial charge in [-0.3, -0.25) is 9.78 Å². The van der Waals surface area contributed by atoms with Crippen LogP contribution in [-0.2, 0) is 6.61 Å². The Hall–Kier alpha value is -2.80. The van der Waals surface area contributed by atoms with Crippen LogP contribution < -0.4 is 5.43 Å². The maximum Gasteiger partial charge on any atom is 0.274 e. The summed E-state index contributed by atoms with van der Waals surface area (Å²) >= 11 is 0. The van der Waals surface area contributed by atoms with Crippen molar-refractivity contribution in [3.63, 3.8) is 0 Å². The highest BCUT2D eigenvalue weighted by atomic mass is 19.1. The average Bonchev–Trinajstić information content (AvgIpc) is 2.52. The fourth-order valence-electron chi connectivity index (χ4n) is 1.78. The number of aryl methyl sites for hydroxylation is 1. The van der Waals surface area contributed by atoms with Crippen LogP contribution in [0.2, 0.25) is 0 Å². The van der Waals surface area contributed by atoms with Crippen LogP contribution in [0, 0.1) is 12.7 Å². The predicted molar refractivity (Wildman–Crippen MR) is 78.0 cm³/mol. The number of carbonyl (C=O) groups excluding carboxylic acids is 1. The van der Waals surface area contributed by atoms with Crippen molar-refractivity contribution >= 4 is 12.1 Å². The maximum absolute atomic E-state index is 13.4. The SMILES string of the molecule is Cc1ncc(CO)c(/C=N/NC(=O)c2ccccc2F)c1O. The summed E-state index contributed by atoms with van der Waals surface area (Å²) in [5.74, 6) is -1.52.